The molecule has 0 fully saturated rings. The van der Waals surface area contributed by atoms with Gasteiger partial charge in [-0.3, -0.25) is 4.90 Å². The molecular formula is C33H29NO2. The highest BCUT2D eigenvalue weighted by molar-refractivity contribution is 5.88. The van der Waals surface area contributed by atoms with Crippen LogP contribution in [0, 0.1) is 11.8 Å². The summed E-state index contributed by atoms with van der Waals surface area (Å²) in [5.74, 6) is 5.32. The monoisotopic (exact) mass is 471 g/mol. The van der Waals surface area contributed by atoms with E-state index in [1.165, 1.54) is 18.2 Å². The van der Waals surface area contributed by atoms with Crippen LogP contribution in [0.5, 0.6) is 0 Å². The van der Waals surface area contributed by atoms with E-state index in [2.05, 4.69) is 132 Å². The van der Waals surface area contributed by atoms with Crippen molar-refractivity contribution in [3.05, 3.63) is 143 Å². The van der Waals surface area contributed by atoms with Crippen LogP contribution in [0.25, 0.3) is 0 Å². The summed E-state index contributed by atoms with van der Waals surface area (Å²) in [6, 6.07) is 40.7. The number of esters is 1. The highest BCUT2D eigenvalue weighted by Gasteiger charge is 2.46. The maximum atomic E-state index is 12.0. The zero-order valence-electron chi connectivity index (χ0n) is 20.4. The molecule has 0 N–H and O–H groups in total. The highest BCUT2D eigenvalue weighted by Crippen LogP contribution is 2.49. The fourth-order valence-corrected chi connectivity index (χ4v) is 5.60. The average molecular weight is 472 g/mol. The second kappa shape index (κ2) is 10.6. The average Bonchev–Trinajstić information content (AvgIpc) is 3.38. The van der Waals surface area contributed by atoms with E-state index >= 15 is 0 Å². The molecule has 5 rings (SSSR count). The summed E-state index contributed by atoms with van der Waals surface area (Å²) in [5.41, 5.74) is 5.54. The number of fused-ring (bicyclic) bond motifs is 1. The number of hydrogen-bond acceptors (Lipinski definition) is 3. The third-order valence-corrected chi connectivity index (χ3v) is 7.11. The first-order chi connectivity index (χ1) is 17.7. The Bertz CT molecular complexity index is 1270. The lowest BCUT2D eigenvalue weighted by atomic mass is 9.74. The largest absolute Gasteiger partial charge is 0.459 e. The summed E-state index contributed by atoms with van der Waals surface area (Å²) >= 11 is 0. The summed E-state index contributed by atoms with van der Waals surface area (Å²) in [5, 5.41) is 0. The van der Waals surface area contributed by atoms with Crippen LogP contribution in [0.2, 0.25) is 0 Å². The molecule has 4 aromatic rings. The highest BCUT2D eigenvalue weighted by atomic mass is 16.5. The van der Waals surface area contributed by atoms with Crippen molar-refractivity contribution in [2.24, 2.45) is 0 Å². The second-order valence-electron chi connectivity index (χ2n) is 8.98. The van der Waals surface area contributed by atoms with E-state index < -0.39 is 11.5 Å². The van der Waals surface area contributed by atoms with Gasteiger partial charge in [-0.15, -0.1) is 0 Å². The van der Waals surface area contributed by atoms with Crippen LogP contribution in [-0.2, 0) is 21.5 Å². The number of carbonyl (C=O) groups excluding carboxylic acids is 1. The van der Waals surface area contributed by atoms with E-state index in [9.17, 15) is 4.79 Å². The molecule has 0 spiro atoms. The molecule has 3 nitrogen and oxygen atoms in total. The van der Waals surface area contributed by atoms with Gasteiger partial charge in [0, 0.05) is 12.0 Å². The Hall–Kier alpha value is -4.13. The molecule has 0 saturated carbocycles. The number of hydrogen-bond donors (Lipinski definition) is 0. The molecule has 3 heteroatoms. The maximum absolute atomic E-state index is 12.0. The van der Waals surface area contributed by atoms with Crippen molar-refractivity contribution in [3.8, 4) is 11.8 Å². The van der Waals surface area contributed by atoms with Gasteiger partial charge in [0.15, 0.2) is 0 Å². The molecule has 36 heavy (non-hydrogen) atoms. The molecule has 1 aliphatic rings. The molecule has 4 aromatic carbocycles. The summed E-state index contributed by atoms with van der Waals surface area (Å²) in [6.45, 7) is 0.396. The molecule has 0 amide bonds. The maximum Gasteiger partial charge on any atom is 0.384 e. The lowest BCUT2D eigenvalue weighted by Crippen LogP contribution is -2.49. The minimum absolute atomic E-state index is 0.119. The van der Waals surface area contributed by atoms with E-state index in [-0.39, 0.29) is 6.04 Å². The molecule has 1 atom stereocenters. The van der Waals surface area contributed by atoms with E-state index in [1.807, 2.05) is 0 Å². The number of carbonyl (C=O) groups is 1. The number of benzene rings is 4. The van der Waals surface area contributed by atoms with E-state index in [0.717, 1.165) is 29.5 Å². The lowest BCUT2D eigenvalue weighted by molar-refractivity contribution is -0.133. The smallest absolute Gasteiger partial charge is 0.384 e. The van der Waals surface area contributed by atoms with Crippen molar-refractivity contribution in [3.63, 3.8) is 0 Å². The topological polar surface area (TPSA) is 29.5 Å². The van der Waals surface area contributed by atoms with Crippen molar-refractivity contribution in [2.45, 2.75) is 24.4 Å². The number of nitrogens with zero attached hydrogens (tertiary/aromatic N) is 1. The number of ether oxygens (including phenoxy) is 1. The van der Waals surface area contributed by atoms with Gasteiger partial charge in [-0.1, -0.05) is 121 Å². The molecule has 178 valence electrons. The minimum Gasteiger partial charge on any atom is -0.459 e. The van der Waals surface area contributed by atoms with E-state index in [1.54, 1.807) is 0 Å². The van der Waals surface area contributed by atoms with Crippen LogP contribution in [-0.4, -0.2) is 24.5 Å². The first kappa shape index (κ1) is 23.6. The Morgan fingerprint density at radius 3 is 1.83 bits per heavy atom. The van der Waals surface area contributed by atoms with Gasteiger partial charge in [-0.25, -0.2) is 4.79 Å². The summed E-state index contributed by atoms with van der Waals surface area (Å²) < 4.78 is 4.82. The van der Waals surface area contributed by atoms with Gasteiger partial charge < -0.3 is 4.74 Å². The molecular weight excluding hydrogens is 442 g/mol. The van der Waals surface area contributed by atoms with Gasteiger partial charge >= 0.3 is 5.97 Å². The molecule has 0 aromatic heterocycles. The normalized spacial score (nSPS) is 14.6. The Labute approximate surface area is 213 Å². The Kier molecular flexibility index (Phi) is 6.98. The number of aryl methyl sites for hydroxylation is 1. The Balaban J connectivity index is 1.81. The Morgan fingerprint density at radius 1 is 0.806 bits per heavy atom. The summed E-state index contributed by atoms with van der Waals surface area (Å²) in [6.07, 6.45) is 1.99. The summed E-state index contributed by atoms with van der Waals surface area (Å²) in [7, 11) is 1.37. The molecule has 0 unspecified atom stereocenters. The van der Waals surface area contributed by atoms with Crippen LogP contribution in [0.3, 0.4) is 0 Å². The molecule has 0 radical (unpaired) electrons. The zero-order chi connectivity index (χ0) is 24.8. The molecule has 0 aliphatic heterocycles. The van der Waals surface area contributed by atoms with E-state index in [4.69, 9.17) is 4.74 Å². The van der Waals surface area contributed by atoms with Gasteiger partial charge in [-0.05, 0) is 40.7 Å². The zero-order valence-corrected chi connectivity index (χ0v) is 20.4. The van der Waals surface area contributed by atoms with Crippen LogP contribution in [0.4, 0.5) is 0 Å². The third-order valence-electron chi connectivity index (χ3n) is 7.11. The van der Waals surface area contributed by atoms with Crippen LogP contribution in [0.15, 0.2) is 115 Å². The fourth-order valence-electron chi connectivity index (χ4n) is 5.60. The first-order valence-electron chi connectivity index (χ1n) is 12.3. The van der Waals surface area contributed by atoms with Crippen molar-refractivity contribution in [1.29, 1.82) is 0 Å². The first-order valence-corrected chi connectivity index (χ1v) is 12.3. The standard InChI is InChI=1S/C33H29NO2/c1-36-32(35)22-13-25-34(31-24-23-26-14-11-12-21-30(26)31)33(27-15-5-2-6-16-27,28-17-7-3-8-18-28)29-19-9-4-10-20-29/h2-12,14-21,31H,23-25H2,1H3/t31-/m1/s1. The number of rotatable bonds is 6. The van der Waals surface area contributed by atoms with Gasteiger partial charge in [0.2, 0.25) is 0 Å². The van der Waals surface area contributed by atoms with E-state index in [0.29, 0.717) is 6.54 Å². The predicted octanol–water partition coefficient (Wildman–Crippen LogP) is 6.14. The fraction of sp³-hybridized carbons (Fsp3) is 0.182. The third kappa shape index (κ3) is 4.33. The van der Waals surface area contributed by atoms with Crippen molar-refractivity contribution in [1.82, 2.24) is 4.90 Å². The molecule has 1 aliphatic carbocycles. The van der Waals surface area contributed by atoms with Gasteiger partial charge in [0.1, 0.15) is 0 Å². The van der Waals surface area contributed by atoms with Crippen molar-refractivity contribution in [2.75, 3.05) is 13.7 Å². The minimum atomic E-state index is -0.628. The van der Waals surface area contributed by atoms with Gasteiger partial charge in [0.05, 0.1) is 19.2 Å². The molecule has 0 bridgehead atoms. The second-order valence-corrected chi connectivity index (χ2v) is 8.98. The SMILES string of the molecule is COC(=O)C#CCN([C@@H]1CCc2ccccc21)C(c1ccccc1)(c1ccccc1)c1ccccc1. The van der Waals surface area contributed by atoms with Crippen molar-refractivity contribution >= 4 is 5.97 Å². The lowest BCUT2D eigenvalue weighted by Gasteiger charge is -2.48. The quantitative estimate of drug-likeness (QED) is 0.146. The molecule has 0 saturated heterocycles. The predicted molar refractivity (Wildman–Crippen MR) is 143 cm³/mol. The van der Waals surface area contributed by atoms with Crippen LogP contribution >= 0.6 is 0 Å². The summed E-state index contributed by atoms with van der Waals surface area (Å²) in [4.78, 5) is 14.4. The number of methoxy groups -OCH3 is 1. The van der Waals surface area contributed by atoms with Crippen LogP contribution < -0.4 is 0 Å². The molecule has 0 heterocycles. The Morgan fingerprint density at radius 2 is 1.31 bits per heavy atom. The van der Waals surface area contributed by atoms with Crippen molar-refractivity contribution < 1.29 is 9.53 Å². The van der Waals surface area contributed by atoms with Gasteiger partial charge in [-0.2, -0.15) is 0 Å². The van der Waals surface area contributed by atoms with Gasteiger partial charge in [0.25, 0.3) is 0 Å². The van der Waals surface area contributed by atoms with Crippen LogP contribution in [0.1, 0.15) is 40.3 Å².